The van der Waals surface area contributed by atoms with Gasteiger partial charge < -0.3 is 10.6 Å². The second kappa shape index (κ2) is 9.46. The summed E-state index contributed by atoms with van der Waals surface area (Å²) in [7, 11) is 0. The molecule has 0 aliphatic rings. The van der Waals surface area contributed by atoms with Gasteiger partial charge in [-0.25, -0.2) is 0 Å². The number of nitro groups is 1. The lowest BCUT2D eigenvalue weighted by atomic mass is 9.93. The minimum absolute atomic E-state index is 0.0128. The summed E-state index contributed by atoms with van der Waals surface area (Å²) < 4.78 is 0. The first kappa shape index (κ1) is 21.6. The number of anilines is 1. The molecule has 0 saturated carbocycles. The van der Waals surface area contributed by atoms with Crippen LogP contribution in [0.15, 0.2) is 42.5 Å². The second-order valence-corrected chi connectivity index (χ2v) is 7.70. The normalized spacial score (nSPS) is 12.2. The van der Waals surface area contributed by atoms with Crippen LogP contribution in [0.4, 0.5) is 11.4 Å². The Labute approximate surface area is 166 Å². The molecule has 0 heterocycles. The maximum atomic E-state index is 12.4. The van der Waals surface area contributed by atoms with Gasteiger partial charge in [-0.2, -0.15) is 0 Å². The van der Waals surface area contributed by atoms with Gasteiger partial charge in [-0.15, -0.1) is 0 Å². The average Bonchev–Trinajstić information content (AvgIpc) is 2.63. The molecule has 0 bridgehead atoms. The van der Waals surface area contributed by atoms with E-state index >= 15 is 0 Å². The number of aryl methyl sites for hydroxylation is 1. The van der Waals surface area contributed by atoms with Crippen molar-refractivity contribution >= 4 is 17.3 Å². The van der Waals surface area contributed by atoms with E-state index in [1.165, 1.54) is 11.6 Å². The smallest absolute Gasteiger partial charge is 0.293 e. The number of benzene rings is 2. The standard InChI is InChI=1S/C22H29N3O3/c1-14(2)17-9-11-18(12-10-17)21(15(3)4)23-13-20(26)24-22-16(5)7-6-8-19(22)25(27)28/h6-12,14-15,21,23H,13H2,1-5H3,(H,24,26)/t21-/m1/s1. The van der Waals surface area contributed by atoms with Gasteiger partial charge in [0.15, 0.2) is 0 Å². The summed E-state index contributed by atoms with van der Waals surface area (Å²) in [5.41, 5.74) is 3.21. The first-order chi connectivity index (χ1) is 13.2. The molecule has 2 aromatic rings. The van der Waals surface area contributed by atoms with Gasteiger partial charge in [-0.05, 0) is 35.4 Å². The number of carbonyl (C=O) groups is 1. The minimum Gasteiger partial charge on any atom is -0.319 e. The van der Waals surface area contributed by atoms with E-state index in [4.69, 9.17) is 0 Å². The first-order valence-electron chi connectivity index (χ1n) is 9.57. The van der Waals surface area contributed by atoms with Crippen LogP contribution in [0, 0.1) is 23.0 Å². The summed E-state index contributed by atoms with van der Waals surface area (Å²) >= 11 is 0. The molecule has 0 aliphatic carbocycles. The monoisotopic (exact) mass is 383 g/mol. The quantitative estimate of drug-likeness (QED) is 0.499. The highest BCUT2D eigenvalue weighted by Gasteiger charge is 2.20. The Balaban J connectivity index is 2.08. The molecule has 150 valence electrons. The van der Waals surface area contributed by atoms with Gasteiger partial charge >= 0.3 is 0 Å². The molecule has 0 aromatic heterocycles. The summed E-state index contributed by atoms with van der Waals surface area (Å²) in [6, 6.07) is 13.2. The molecule has 0 aliphatic heterocycles. The minimum atomic E-state index is -0.483. The molecule has 6 heteroatoms. The topological polar surface area (TPSA) is 84.3 Å². The fraction of sp³-hybridized carbons (Fsp3) is 0.409. The number of hydrogen-bond donors (Lipinski definition) is 2. The van der Waals surface area contributed by atoms with Crippen molar-refractivity contribution < 1.29 is 9.72 Å². The third-order valence-corrected chi connectivity index (χ3v) is 4.82. The van der Waals surface area contributed by atoms with E-state index in [0.29, 0.717) is 11.5 Å². The van der Waals surface area contributed by atoms with Crippen LogP contribution in [0.2, 0.25) is 0 Å². The zero-order chi connectivity index (χ0) is 20.8. The molecule has 0 radical (unpaired) electrons. The lowest BCUT2D eigenvalue weighted by Gasteiger charge is -2.23. The van der Waals surface area contributed by atoms with E-state index in [1.807, 2.05) is 0 Å². The number of amides is 1. The number of para-hydroxylation sites is 1. The van der Waals surface area contributed by atoms with Crippen molar-refractivity contribution in [3.05, 3.63) is 69.3 Å². The number of nitrogens with one attached hydrogen (secondary N) is 2. The van der Waals surface area contributed by atoms with Crippen molar-refractivity contribution in [3.63, 3.8) is 0 Å². The highest BCUT2D eigenvalue weighted by atomic mass is 16.6. The number of hydrogen-bond acceptors (Lipinski definition) is 4. The number of nitro benzene ring substituents is 1. The van der Waals surface area contributed by atoms with Gasteiger partial charge in [-0.3, -0.25) is 14.9 Å². The highest BCUT2D eigenvalue weighted by molar-refractivity contribution is 5.95. The lowest BCUT2D eigenvalue weighted by Crippen LogP contribution is -2.34. The van der Waals surface area contributed by atoms with Crippen molar-refractivity contribution in [2.75, 3.05) is 11.9 Å². The molecule has 0 saturated heterocycles. The summed E-state index contributed by atoms with van der Waals surface area (Å²) in [5, 5.41) is 17.2. The molecule has 1 amide bonds. The van der Waals surface area contributed by atoms with Crippen LogP contribution in [-0.2, 0) is 4.79 Å². The predicted molar refractivity (Wildman–Crippen MR) is 113 cm³/mol. The maximum Gasteiger partial charge on any atom is 0.293 e. The van der Waals surface area contributed by atoms with Gasteiger partial charge in [0.1, 0.15) is 5.69 Å². The van der Waals surface area contributed by atoms with Gasteiger partial charge in [0.05, 0.1) is 11.5 Å². The Hall–Kier alpha value is -2.73. The van der Waals surface area contributed by atoms with Gasteiger partial charge in [-0.1, -0.05) is 64.1 Å². The highest BCUT2D eigenvalue weighted by Crippen LogP contribution is 2.28. The Bertz CT molecular complexity index is 829. The van der Waals surface area contributed by atoms with Crippen molar-refractivity contribution in [2.45, 2.75) is 46.6 Å². The molecule has 2 aromatic carbocycles. The average molecular weight is 383 g/mol. The zero-order valence-electron chi connectivity index (χ0n) is 17.2. The molecule has 2 rings (SSSR count). The SMILES string of the molecule is Cc1cccc([N+](=O)[O-])c1NC(=O)CN[C@@H](c1ccc(C(C)C)cc1)C(C)C. The van der Waals surface area contributed by atoms with E-state index in [9.17, 15) is 14.9 Å². The van der Waals surface area contributed by atoms with Gasteiger partial charge in [0, 0.05) is 12.1 Å². The number of rotatable bonds is 8. The van der Waals surface area contributed by atoms with E-state index in [-0.39, 0.29) is 35.8 Å². The van der Waals surface area contributed by atoms with Crippen LogP contribution in [0.3, 0.4) is 0 Å². The molecule has 6 nitrogen and oxygen atoms in total. The van der Waals surface area contributed by atoms with Crippen molar-refractivity contribution in [3.8, 4) is 0 Å². The van der Waals surface area contributed by atoms with E-state index in [0.717, 1.165) is 5.56 Å². The summed E-state index contributed by atoms with van der Waals surface area (Å²) in [4.78, 5) is 23.2. The van der Waals surface area contributed by atoms with Crippen LogP contribution in [0.5, 0.6) is 0 Å². The van der Waals surface area contributed by atoms with Crippen molar-refractivity contribution in [2.24, 2.45) is 5.92 Å². The number of nitrogens with zero attached hydrogens (tertiary/aromatic N) is 1. The molecule has 2 N–H and O–H groups in total. The maximum absolute atomic E-state index is 12.4. The summed E-state index contributed by atoms with van der Waals surface area (Å²) in [5.74, 6) is 0.447. The van der Waals surface area contributed by atoms with Crippen molar-refractivity contribution in [1.82, 2.24) is 5.32 Å². The van der Waals surface area contributed by atoms with Gasteiger partial charge in [0.25, 0.3) is 5.69 Å². The molecule has 1 atom stereocenters. The Morgan fingerprint density at radius 2 is 1.64 bits per heavy atom. The third-order valence-electron chi connectivity index (χ3n) is 4.82. The zero-order valence-corrected chi connectivity index (χ0v) is 17.2. The Morgan fingerprint density at radius 3 is 2.18 bits per heavy atom. The molecule has 0 unspecified atom stereocenters. The van der Waals surface area contributed by atoms with Gasteiger partial charge in [0.2, 0.25) is 5.91 Å². The predicted octanol–water partition coefficient (Wildman–Crippen LogP) is 4.95. The Kier molecular flexibility index (Phi) is 7.29. The van der Waals surface area contributed by atoms with Crippen LogP contribution in [-0.4, -0.2) is 17.4 Å². The molecule has 28 heavy (non-hydrogen) atoms. The molecule has 0 fully saturated rings. The second-order valence-electron chi connectivity index (χ2n) is 7.70. The fourth-order valence-electron chi connectivity index (χ4n) is 3.18. The summed E-state index contributed by atoms with van der Waals surface area (Å²) in [6.07, 6.45) is 0. The van der Waals surface area contributed by atoms with Crippen LogP contribution in [0.1, 0.15) is 56.3 Å². The molecular weight excluding hydrogens is 354 g/mol. The van der Waals surface area contributed by atoms with Crippen LogP contribution >= 0.6 is 0 Å². The van der Waals surface area contributed by atoms with E-state index in [2.05, 4.69) is 62.6 Å². The Morgan fingerprint density at radius 1 is 1.04 bits per heavy atom. The van der Waals surface area contributed by atoms with E-state index in [1.54, 1.807) is 19.1 Å². The van der Waals surface area contributed by atoms with Crippen LogP contribution < -0.4 is 10.6 Å². The fourth-order valence-corrected chi connectivity index (χ4v) is 3.18. The molecular formula is C22H29N3O3. The van der Waals surface area contributed by atoms with E-state index < -0.39 is 4.92 Å². The number of carbonyl (C=O) groups excluding carboxylic acids is 1. The largest absolute Gasteiger partial charge is 0.319 e. The molecule has 0 spiro atoms. The van der Waals surface area contributed by atoms with Crippen molar-refractivity contribution in [1.29, 1.82) is 0 Å². The first-order valence-corrected chi connectivity index (χ1v) is 9.57. The van der Waals surface area contributed by atoms with Crippen LogP contribution in [0.25, 0.3) is 0 Å². The lowest BCUT2D eigenvalue weighted by molar-refractivity contribution is -0.384. The summed E-state index contributed by atoms with van der Waals surface area (Å²) in [6.45, 7) is 10.3. The third kappa shape index (κ3) is 5.39.